The van der Waals surface area contributed by atoms with Gasteiger partial charge in [0.2, 0.25) is 0 Å². The summed E-state index contributed by atoms with van der Waals surface area (Å²) in [5.41, 5.74) is -1.34. The van der Waals surface area contributed by atoms with E-state index in [1.807, 2.05) is 0 Å². The van der Waals surface area contributed by atoms with Crippen LogP contribution in [-0.4, -0.2) is 17.3 Å². The summed E-state index contributed by atoms with van der Waals surface area (Å²) in [6.45, 7) is 0. The van der Waals surface area contributed by atoms with Gasteiger partial charge in [0, 0.05) is 5.56 Å². The van der Waals surface area contributed by atoms with Crippen LogP contribution in [0.3, 0.4) is 0 Å². The second kappa shape index (κ2) is 4.26. The Labute approximate surface area is 109 Å². The van der Waals surface area contributed by atoms with Crippen molar-refractivity contribution in [3.8, 4) is 6.07 Å². The lowest BCUT2D eigenvalue weighted by Crippen LogP contribution is -2.37. The molecule has 4 atom stereocenters. The van der Waals surface area contributed by atoms with E-state index in [2.05, 4.69) is 6.07 Å². The number of rotatable bonds is 2. The van der Waals surface area contributed by atoms with Crippen LogP contribution in [0.5, 0.6) is 0 Å². The standard InChI is InChI=1S/C14H13F2NO2/c15-10-3-1-2-9(12(10)16)13(18)14(7-17)6-8-4-5-11(14)19-8/h1-3,8,11,13,18H,4-6H2. The van der Waals surface area contributed by atoms with Gasteiger partial charge in [-0.2, -0.15) is 5.26 Å². The normalized spacial score (nSPS) is 34.2. The molecular weight excluding hydrogens is 252 g/mol. The van der Waals surface area contributed by atoms with Crippen LogP contribution in [0.1, 0.15) is 30.9 Å². The number of halogens is 2. The maximum absolute atomic E-state index is 13.8. The summed E-state index contributed by atoms with van der Waals surface area (Å²) in [5.74, 6) is -2.11. The molecule has 2 aliphatic rings. The molecule has 0 aliphatic carbocycles. The van der Waals surface area contributed by atoms with E-state index >= 15 is 0 Å². The van der Waals surface area contributed by atoms with Gasteiger partial charge in [0.1, 0.15) is 11.5 Å². The van der Waals surface area contributed by atoms with Crippen LogP contribution in [0.4, 0.5) is 8.78 Å². The average molecular weight is 265 g/mol. The van der Waals surface area contributed by atoms with E-state index in [9.17, 15) is 19.1 Å². The minimum absolute atomic E-state index is 0.0593. The second-order valence-electron chi connectivity index (χ2n) is 5.23. The third kappa shape index (κ3) is 1.67. The van der Waals surface area contributed by atoms with Gasteiger partial charge in [0.15, 0.2) is 11.6 Å². The molecule has 100 valence electrons. The second-order valence-corrected chi connectivity index (χ2v) is 5.23. The third-order valence-corrected chi connectivity index (χ3v) is 4.22. The average Bonchev–Trinajstić information content (AvgIpc) is 3.02. The first-order valence-electron chi connectivity index (χ1n) is 6.27. The Balaban J connectivity index is 2.01. The predicted molar refractivity (Wildman–Crippen MR) is 61.9 cm³/mol. The van der Waals surface area contributed by atoms with Crippen molar-refractivity contribution in [2.75, 3.05) is 0 Å². The van der Waals surface area contributed by atoms with Gasteiger partial charge in [-0.15, -0.1) is 0 Å². The highest BCUT2D eigenvalue weighted by Crippen LogP contribution is 2.54. The van der Waals surface area contributed by atoms with Gasteiger partial charge in [-0.1, -0.05) is 12.1 Å². The Morgan fingerprint density at radius 1 is 1.42 bits per heavy atom. The first-order valence-corrected chi connectivity index (χ1v) is 6.27. The summed E-state index contributed by atoms with van der Waals surface area (Å²) >= 11 is 0. The quantitative estimate of drug-likeness (QED) is 0.893. The van der Waals surface area contributed by atoms with E-state index in [-0.39, 0.29) is 11.7 Å². The molecule has 2 aliphatic heterocycles. The molecular formula is C14H13F2NO2. The monoisotopic (exact) mass is 265 g/mol. The van der Waals surface area contributed by atoms with Gasteiger partial charge < -0.3 is 9.84 Å². The number of aliphatic hydroxyl groups excluding tert-OH is 1. The maximum atomic E-state index is 13.8. The van der Waals surface area contributed by atoms with Gasteiger partial charge in [-0.05, 0) is 25.3 Å². The fourth-order valence-electron chi connectivity index (χ4n) is 3.22. The Morgan fingerprint density at radius 2 is 2.21 bits per heavy atom. The van der Waals surface area contributed by atoms with Crippen LogP contribution in [0.2, 0.25) is 0 Å². The molecule has 1 aromatic carbocycles. The van der Waals surface area contributed by atoms with E-state index in [4.69, 9.17) is 4.74 Å². The maximum Gasteiger partial charge on any atom is 0.164 e. The lowest BCUT2D eigenvalue weighted by atomic mass is 9.69. The Kier molecular flexibility index (Phi) is 2.80. The van der Waals surface area contributed by atoms with Gasteiger partial charge in [0.05, 0.1) is 18.3 Å². The Hall–Kier alpha value is -1.51. The molecule has 2 saturated heterocycles. The number of ether oxygens (including phenoxy) is 1. The molecule has 2 heterocycles. The smallest absolute Gasteiger partial charge is 0.164 e. The van der Waals surface area contributed by atoms with Crippen molar-refractivity contribution < 1.29 is 18.6 Å². The van der Waals surface area contributed by atoms with Crippen LogP contribution in [0.15, 0.2) is 18.2 Å². The van der Waals surface area contributed by atoms with Crippen LogP contribution in [-0.2, 0) is 4.74 Å². The van der Waals surface area contributed by atoms with E-state index in [0.717, 1.165) is 12.5 Å². The largest absolute Gasteiger partial charge is 0.387 e. The molecule has 5 heteroatoms. The van der Waals surface area contributed by atoms with Crippen molar-refractivity contribution in [1.82, 2.24) is 0 Å². The van der Waals surface area contributed by atoms with Crippen molar-refractivity contribution >= 4 is 0 Å². The lowest BCUT2D eigenvalue weighted by Gasteiger charge is -2.33. The van der Waals surface area contributed by atoms with Crippen molar-refractivity contribution in [3.05, 3.63) is 35.4 Å². The summed E-state index contributed by atoms with van der Waals surface area (Å²) < 4.78 is 32.6. The molecule has 2 fully saturated rings. The fourth-order valence-corrected chi connectivity index (χ4v) is 3.22. The molecule has 0 radical (unpaired) electrons. The fraction of sp³-hybridized carbons (Fsp3) is 0.500. The molecule has 4 unspecified atom stereocenters. The van der Waals surface area contributed by atoms with Gasteiger partial charge in [-0.25, -0.2) is 8.78 Å². The number of fused-ring (bicyclic) bond motifs is 2. The highest BCUT2D eigenvalue weighted by molar-refractivity contribution is 5.28. The summed E-state index contributed by atoms with van der Waals surface area (Å²) in [4.78, 5) is 0. The van der Waals surface area contributed by atoms with Gasteiger partial charge in [0.25, 0.3) is 0 Å². The van der Waals surface area contributed by atoms with Crippen molar-refractivity contribution in [2.24, 2.45) is 5.41 Å². The number of hydrogen-bond acceptors (Lipinski definition) is 3. The van der Waals surface area contributed by atoms with E-state index in [1.54, 1.807) is 0 Å². The molecule has 1 N–H and O–H groups in total. The molecule has 0 saturated carbocycles. The topological polar surface area (TPSA) is 53.2 Å². The molecule has 3 nitrogen and oxygen atoms in total. The Bertz CT molecular complexity index is 557. The molecule has 3 rings (SSSR count). The minimum atomic E-state index is -1.37. The number of nitriles is 1. The van der Waals surface area contributed by atoms with Crippen molar-refractivity contribution in [1.29, 1.82) is 5.26 Å². The highest BCUT2D eigenvalue weighted by Gasteiger charge is 2.57. The predicted octanol–water partition coefficient (Wildman–Crippen LogP) is 2.46. The van der Waals surface area contributed by atoms with E-state index < -0.39 is 29.3 Å². The SMILES string of the molecule is N#CC1(C(O)c2cccc(F)c2F)CC2CCC1O2. The Morgan fingerprint density at radius 3 is 2.79 bits per heavy atom. The van der Waals surface area contributed by atoms with Crippen molar-refractivity contribution in [3.63, 3.8) is 0 Å². The number of benzene rings is 1. The van der Waals surface area contributed by atoms with E-state index in [0.29, 0.717) is 12.8 Å². The van der Waals surface area contributed by atoms with Crippen molar-refractivity contribution in [2.45, 2.75) is 37.6 Å². The molecule has 2 bridgehead atoms. The zero-order valence-corrected chi connectivity index (χ0v) is 10.1. The van der Waals surface area contributed by atoms with Crippen LogP contribution < -0.4 is 0 Å². The van der Waals surface area contributed by atoms with Gasteiger partial charge in [-0.3, -0.25) is 0 Å². The summed E-state index contributed by atoms with van der Waals surface area (Å²) in [7, 11) is 0. The minimum Gasteiger partial charge on any atom is -0.387 e. The molecule has 1 aromatic rings. The van der Waals surface area contributed by atoms with Crippen LogP contribution in [0, 0.1) is 28.4 Å². The van der Waals surface area contributed by atoms with Gasteiger partial charge >= 0.3 is 0 Å². The molecule has 0 spiro atoms. The number of aliphatic hydroxyl groups is 1. The van der Waals surface area contributed by atoms with Crippen LogP contribution >= 0.6 is 0 Å². The van der Waals surface area contributed by atoms with Crippen LogP contribution in [0.25, 0.3) is 0 Å². The number of hydrogen-bond donors (Lipinski definition) is 1. The summed E-state index contributed by atoms with van der Waals surface area (Å²) in [5, 5.41) is 19.8. The zero-order valence-electron chi connectivity index (χ0n) is 10.1. The van der Waals surface area contributed by atoms with E-state index in [1.165, 1.54) is 12.1 Å². The molecule has 19 heavy (non-hydrogen) atoms. The molecule has 0 aromatic heterocycles. The summed E-state index contributed by atoms with van der Waals surface area (Å²) in [6.07, 6.45) is 0.0591. The highest BCUT2D eigenvalue weighted by atomic mass is 19.2. The first kappa shape index (κ1) is 12.5. The lowest BCUT2D eigenvalue weighted by molar-refractivity contribution is 0.00141. The third-order valence-electron chi connectivity index (χ3n) is 4.22. The first-order chi connectivity index (χ1) is 9.08. The summed E-state index contributed by atoms with van der Waals surface area (Å²) in [6, 6.07) is 5.72. The number of nitrogens with zero attached hydrogens (tertiary/aromatic N) is 1. The zero-order chi connectivity index (χ0) is 13.6. The molecule has 0 amide bonds.